The molecule has 7 nitrogen and oxygen atoms in total. The fourth-order valence-electron chi connectivity index (χ4n) is 4.99. The summed E-state index contributed by atoms with van der Waals surface area (Å²) in [5.41, 5.74) is 10.0. The summed E-state index contributed by atoms with van der Waals surface area (Å²) in [6, 6.07) is 46.0. The number of amides is 1. The van der Waals surface area contributed by atoms with Crippen LogP contribution in [0.15, 0.2) is 151 Å². The number of hydrazone groups is 1. The number of carbonyl (C=O) groups is 2. The lowest BCUT2D eigenvalue weighted by Gasteiger charge is -2.15. The molecule has 0 aliphatic carbocycles. The number of carboxylic acid groups (broad SMARTS) is 1. The summed E-state index contributed by atoms with van der Waals surface area (Å²) >= 11 is 0. The molecule has 7 heteroatoms. The molecule has 6 rings (SSSR count). The number of hydrogen-bond donors (Lipinski definition) is 2. The Hall–Kier alpha value is -6.21. The minimum atomic E-state index is -0.975. The van der Waals surface area contributed by atoms with Crippen molar-refractivity contribution in [2.24, 2.45) is 5.10 Å². The summed E-state index contributed by atoms with van der Waals surface area (Å²) in [7, 11) is 0. The molecule has 0 aliphatic heterocycles. The van der Waals surface area contributed by atoms with E-state index in [-0.39, 0.29) is 18.1 Å². The number of aromatic nitrogens is 1. The number of ether oxygens (including phenoxy) is 1. The summed E-state index contributed by atoms with van der Waals surface area (Å²) in [5, 5.41) is 13.3. The van der Waals surface area contributed by atoms with Gasteiger partial charge in [-0.25, -0.2) is 10.2 Å². The molecule has 1 heterocycles. The number of aromatic carboxylic acids is 1. The van der Waals surface area contributed by atoms with E-state index in [4.69, 9.17) is 9.84 Å². The summed E-state index contributed by atoms with van der Waals surface area (Å²) in [4.78, 5) is 24.1. The van der Waals surface area contributed by atoms with Crippen molar-refractivity contribution < 1.29 is 19.4 Å². The molecule has 0 radical (unpaired) electrons. The molecule has 0 aliphatic rings. The third-order valence-electron chi connectivity index (χ3n) is 7.29. The third kappa shape index (κ3) is 6.73. The van der Waals surface area contributed by atoms with E-state index in [9.17, 15) is 9.59 Å². The molecule has 0 unspecified atom stereocenters. The first-order valence-electron chi connectivity index (χ1n) is 14.4. The van der Waals surface area contributed by atoms with Gasteiger partial charge in [0.1, 0.15) is 12.4 Å². The molecule has 0 atom stereocenters. The van der Waals surface area contributed by atoms with E-state index in [1.54, 1.807) is 36.4 Å². The van der Waals surface area contributed by atoms with Gasteiger partial charge in [-0.2, -0.15) is 5.10 Å². The Morgan fingerprint density at radius 1 is 0.667 bits per heavy atom. The second-order valence-corrected chi connectivity index (χ2v) is 10.2. The van der Waals surface area contributed by atoms with Gasteiger partial charge in [-0.3, -0.25) is 4.79 Å². The normalized spacial score (nSPS) is 10.9. The fraction of sp³-hybridized carbons (Fsp3) is 0.0263. The van der Waals surface area contributed by atoms with Gasteiger partial charge in [-0.15, -0.1) is 0 Å². The monoisotopic (exact) mass is 591 g/mol. The van der Waals surface area contributed by atoms with Crippen LogP contribution in [0.3, 0.4) is 0 Å². The molecule has 5 aromatic carbocycles. The second-order valence-electron chi connectivity index (χ2n) is 10.2. The summed E-state index contributed by atoms with van der Waals surface area (Å²) in [6.07, 6.45) is 1.53. The molecule has 2 N–H and O–H groups in total. The highest BCUT2D eigenvalue weighted by Crippen LogP contribution is 2.32. The first kappa shape index (κ1) is 28.9. The SMILES string of the molecule is O=C(O)c1ccc(COc2ccccc2/C=N\NC(=O)c2ccc(-n3c(-c4ccccc4)ccc3-c3ccccc3)cc2)cc1. The maximum Gasteiger partial charge on any atom is 0.335 e. The highest BCUT2D eigenvalue weighted by atomic mass is 16.5. The molecule has 0 saturated carbocycles. The average Bonchev–Trinajstić information content (AvgIpc) is 3.54. The standard InChI is InChI=1S/C38H29N3O4/c42-37(40-39-25-32-13-7-8-14-36(32)45-26-27-15-17-31(18-16-27)38(43)44)30-19-21-33(22-20-30)41-34(28-9-3-1-4-10-28)23-24-35(41)29-11-5-2-6-12-29/h1-25H,26H2,(H,40,42)(H,43,44)/b39-25-. The van der Waals surface area contributed by atoms with Gasteiger partial charge in [-0.1, -0.05) is 84.9 Å². The van der Waals surface area contributed by atoms with Gasteiger partial charge in [-0.05, 0) is 77.4 Å². The van der Waals surface area contributed by atoms with Crippen LogP contribution in [0.5, 0.6) is 5.75 Å². The number of carboxylic acids is 1. The maximum absolute atomic E-state index is 13.0. The van der Waals surface area contributed by atoms with Crippen molar-refractivity contribution in [1.82, 2.24) is 9.99 Å². The number of nitrogens with one attached hydrogen (secondary N) is 1. The smallest absolute Gasteiger partial charge is 0.335 e. The van der Waals surface area contributed by atoms with E-state index >= 15 is 0 Å². The van der Waals surface area contributed by atoms with E-state index < -0.39 is 5.97 Å². The van der Waals surface area contributed by atoms with E-state index in [2.05, 4.69) is 51.5 Å². The van der Waals surface area contributed by atoms with Crippen LogP contribution in [0.1, 0.15) is 31.8 Å². The van der Waals surface area contributed by atoms with E-state index in [0.29, 0.717) is 16.9 Å². The number of nitrogens with zero attached hydrogens (tertiary/aromatic N) is 2. The lowest BCUT2D eigenvalue weighted by molar-refractivity contribution is 0.0696. The Morgan fingerprint density at radius 3 is 1.82 bits per heavy atom. The zero-order valence-electron chi connectivity index (χ0n) is 24.2. The van der Waals surface area contributed by atoms with Gasteiger partial charge in [0.25, 0.3) is 5.91 Å². The molecule has 6 aromatic rings. The summed E-state index contributed by atoms with van der Waals surface area (Å²) in [5.74, 6) is -0.733. The Balaban J connectivity index is 1.16. The number of para-hydroxylation sites is 1. The van der Waals surface area contributed by atoms with Crippen LogP contribution in [-0.4, -0.2) is 27.8 Å². The topological polar surface area (TPSA) is 92.9 Å². The summed E-state index contributed by atoms with van der Waals surface area (Å²) < 4.78 is 8.14. The molecular weight excluding hydrogens is 562 g/mol. The van der Waals surface area contributed by atoms with E-state index in [1.807, 2.05) is 72.8 Å². The van der Waals surface area contributed by atoms with Crippen molar-refractivity contribution in [1.29, 1.82) is 0 Å². The number of benzene rings is 5. The van der Waals surface area contributed by atoms with Crippen molar-refractivity contribution in [3.63, 3.8) is 0 Å². The van der Waals surface area contributed by atoms with Crippen LogP contribution in [0.25, 0.3) is 28.2 Å². The van der Waals surface area contributed by atoms with Crippen LogP contribution >= 0.6 is 0 Å². The Morgan fingerprint density at radius 2 is 1.22 bits per heavy atom. The summed E-state index contributed by atoms with van der Waals surface area (Å²) in [6.45, 7) is 0.253. The van der Waals surface area contributed by atoms with Crippen molar-refractivity contribution in [3.05, 3.63) is 168 Å². The molecule has 0 fully saturated rings. The second kappa shape index (κ2) is 13.4. The molecule has 45 heavy (non-hydrogen) atoms. The lowest BCUT2D eigenvalue weighted by Crippen LogP contribution is -2.17. The van der Waals surface area contributed by atoms with Crippen LogP contribution < -0.4 is 10.2 Å². The predicted molar refractivity (Wildman–Crippen MR) is 176 cm³/mol. The third-order valence-corrected chi connectivity index (χ3v) is 7.29. The zero-order chi connectivity index (χ0) is 31.0. The van der Waals surface area contributed by atoms with E-state index in [0.717, 1.165) is 33.8 Å². The van der Waals surface area contributed by atoms with Crippen LogP contribution in [-0.2, 0) is 6.61 Å². The van der Waals surface area contributed by atoms with Crippen molar-refractivity contribution in [2.75, 3.05) is 0 Å². The molecular formula is C38H29N3O4. The molecule has 0 bridgehead atoms. The lowest BCUT2D eigenvalue weighted by atomic mass is 10.1. The van der Waals surface area contributed by atoms with Crippen LogP contribution in [0.4, 0.5) is 0 Å². The number of carbonyl (C=O) groups excluding carboxylic acids is 1. The van der Waals surface area contributed by atoms with Crippen molar-refractivity contribution >= 4 is 18.1 Å². The van der Waals surface area contributed by atoms with Gasteiger partial charge in [0.15, 0.2) is 0 Å². The van der Waals surface area contributed by atoms with Crippen LogP contribution in [0, 0.1) is 0 Å². The number of hydrogen-bond acceptors (Lipinski definition) is 4. The minimum absolute atomic E-state index is 0.218. The predicted octanol–water partition coefficient (Wildman–Crippen LogP) is 7.85. The Kier molecular flexibility index (Phi) is 8.60. The largest absolute Gasteiger partial charge is 0.488 e. The Bertz CT molecular complexity index is 1890. The Labute approximate surface area is 260 Å². The van der Waals surface area contributed by atoms with E-state index in [1.165, 1.54) is 6.21 Å². The van der Waals surface area contributed by atoms with Gasteiger partial charge < -0.3 is 14.4 Å². The maximum atomic E-state index is 13.0. The molecule has 1 amide bonds. The van der Waals surface area contributed by atoms with Crippen molar-refractivity contribution in [2.45, 2.75) is 6.61 Å². The minimum Gasteiger partial charge on any atom is -0.488 e. The van der Waals surface area contributed by atoms with Crippen LogP contribution in [0.2, 0.25) is 0 Å². The highest BCUT2D eigenvalue weighted by Gasteiger charge is 2.14. The molecule has 0 spiro atoms. The first-order valence-corrected chi connectivity index (χ1v) is 14.4. The fourth-order valence-corrected chi connectivity index (χ4v) is 4.99. The quantitative estimate of drug-likeness (QED) is 0.125. The molecule has 220 valence electrons. The van der Waals surface area contributed by atoms with Gasteiger partial charge in [0, 0.05) is 16.8 Å². The zero-order valence-corrected chi connectivity index (χ0v) is 24.2. The molecule has 0 saturated heterocycles. The highest BCUT2D eigenvalue weighted by molar-refractivity contribution is 5.95. The van der Waals surface area contributed by atoms with Gasteiger partial charge in [0.2, 0.25) is 0 Å². The first-order chi connectivity index (χ1) is 22.1. The van der Waals surface area contributed by atoms with Gasteiger partial charge >= 0.3 is 5.97 Å². The average molecular weight is 592 g/mol. The van der Waals surface area contributed by atoms with Gasteiger partial charge in [0.05, 0.1) is 23.2 Å². The molecule has 1 aromatic heterocycles. The van der Waals surface area contributed by atoms with Crippen molar-refractivity contribution in [3.8, 4) is 34.0 Å². The number of rotatable bonds is 10.